The molecule has 1 saturated carbocycles. The molecule has 73 heavy (non-hydrogen) atoms. The maximum absolute atomic E-state index is 14.4. The number of aliphatic hydroxyl groups is 1. The number of carbonyl (C=O) groups excluding carboxylic acids is 8. The van der Waals surface area contributed by atoms with Crippen molar-refractivity contribution in [1.82, 2.24) is 15.3 Å². The highest BCUT2D eigenvalue weighted by Crippen LogP contribution is 2.51. The Kier molecular flexibility index (Phi) is 17.1. The average Bonchev–Trinajstić information content (AvgIpc) is 3.78. The lowest BCUT2D eigenvalue weighted by Crippen LogP contribution is -2.72. The van der Waals surface area contributed by atoms with E-state index in [0.29, 0.717) is 60.8 Å². The minimum absolute atomic E-state index is 0.00875. The molecule has 1 aromatic carbocycles. The minimum Gasteiger partial charge on any atom is -0.495 e. The van der Waals surface area contributed by atoms with E-state index in [0.717, 1.165) is 11.1 Å². The molecule has 7 aliphatic rings. The highest BCUT2D eigenvalue weighted by molar-refractivity contribution is 8.00. The Hall–Kier alpha value is -5.06. The van der Waals surface area contributed by atoms with Crippen molar-refractivity contribution in [2.75, 3.05) is 45.1 Å². The van der Waals surface area contributed by atoms with Crippen LogP contribution in [-0.2, 0) is 68.5 Å². The smallest absolute Gasteiger partial charge is 0.409 e. The Morgan fingerprint density at radius 1 is 0.973 bits per heavy atom. The van der Waals surface area contributed by atoms with Crippen LogP contribution in [0.1, 0.15) is 111 Å². The maximum atomic E-state index is 14.4. The third-order valence-electron chi connectivity index (χ3n) is 14.7. The molecule has 0 spiro atoms. The summed E-state index contributed by atoms with van der Waals surface area (Å²) in [5.41, 5.74) is -3.88. The van der Waals surface area contributed by atoms with Gasteiger partial charge in [0, 0.05) is 59.4 Å². The Morgan fingerprint density at radius 3 is 2.32 bits per heavy atom. The van der Waals surface area contributed by atoms with Crippen LogP contribution in [0.25, 0.3) is 0 Å². The lowest BCUT2D eigenvalue weighted by molar-refractivity contribution is -0.329. The summed E-state index contributed by atoms with van der Waals surface area (Å²) < 4.78 is 35.9. The van der Waals surface area contributed by atoms with Crippen LogP contribution in [0, 0.1) is 11.8 Å². The molecule has 6 heterocycles. The number of carbonyl (C=O) groups is 8. The molecule has 6 bridgehead atoms. The standard InChI is InChI=1S/C51H67ClN4O16S/c1-29-11-9-12-36(67-8)51(65)26-38(70-47(64)53-51)50(5)28-49(4,72-50)37(25-41(59)54(6)33-22-31(21-29)23-34(66-7)43(33)52)69-46(63)48(2,3)68-19-10-20-73-35-24-42(60)55(44(35)61)27-30-13-15-32(16-14-30)45(62)71-56-39(57)17-18-40(56)58/h9,11-12,22-23,30,32,35-38,65H,10,13-21,24-28H2,1-8H3,(H,53,64)/b12-9+,29-11+/t30?,32?,35?,36-,37+,38?,49-,50+,51+/m1/s1. The van der Waals surface area contributed by atoms with E-state index >= 15 is 0 Å². The normalized spacial score (nSPS) is 32.4. The molecule has 2 N–H and O–H groups in total. The predicted octanol–water partition coefficient (Wildman–Crippen LogP) is 5.27. The molecular weight excluding hydrogens is 992 g/mol. The van der Waals surface area contributed by atoms with Gasteiger partial charge in [0.1, 0.15) is 40.3 Å². The quantitative estimate of drug-likeness (QED) is 0.137. The molecule has 4 saturated heterocycles. The molecular formula is C51H67ClN4O16S. The van der Waals surface area contributed by atoms with E-state index in [4.69, 9.17) is 44.9 Å². The summed E-state index contributed by atoms with van der Waals surface area (Å²) in [5, 5.41) is 14.5. The maximum Gasteiger partial charge on any atom is 0.409 e. The number of imide groups is 2. The number of rotatable bonds is 14. The molecule has 7 atom stereocenters. The van der Waals surface area contributed by atoms with Gasteiger partial charge in [-0.15, -0.1) is 16.8 Å². The van der Waals surface area contributed by atoms with Crippen molar-refractivity contribution in [2.24, 2.45) is 11.8 Å². The van der Waals surface area contributed by atoms with Gasteiger partial charge in [0.2, 0.25) is 17.7 Å². The Morgan fingerprint density at radius 2 is 1.66 bits per heavy atom. The number of benzene rings is 1. The average molecular weight is 1060 g/mol. The number of nitrogens with zero attached hydrogens (tertiary/aromatic N) is 3. The number of nitrogens with one attached hydrogen (secondary N) is 1. The monoisotopic (exact) mass is 1060 g/mol. The van der Waals surface area contributed by atoms with Gasteiger partial charge in [0.15, 0.2) is 11.3 Å². The van der Waals surface area contributed by atoms with Gasteiger partial charge in [-0.05, 0) is 103 Å². The second-order valence-electron chi connectivity index (χ2n) is 20.8. The first-order valence-corrected chi connectivity index (χ1v) is 26.1. The number of esters is 1. The number of anilines is 1. The van der Waals surface area contributed by atoms with Crippen LogP contribution in [0.3, 0.4) is 0 Å². The zero-order valence-electron chi connectivity index (χ0n) is 42.7. The number of allylic oxidation sites excluding steroid dienone is 3. The van der Waals surface area contributed by atoms with Crippen molar-refractivity contribution in [2.45, 2.75) is 158 Å². The van der Waals surface area contributed by atoms with E-state index in [1.807, 2.05) is 13.0 Å². The topological polar surface area (TPSA) is 243 Å². The van der Waals surface area contributed by atoms with E-state index in [9.17, 15) is 43.5 Å². The summed E-state index contributed by atoms with van der Waals surface area (Å²) in [4.78, 5) is 112. The van der Waals surface area contributed by atoms with Gasteiger partial charge < -0.3 is 43.3 Å². The first-order chi connectivity index (χ1) is 34.4. The molecule has 2 unspecified atom stereocenters. The summed E-state index contributed by atoms with van der Waals surface area (Å²) in [5.74, 6) is -3.22. The second kappa shape index (κ2) is 22.4. The van der Waals surface area contributed by atoms with E-state index in [1.54, 1.807) is 59.0 Å². The van der Waals surface area contributed by atoms with Crippen molar-refractivity contribution in [1.29, 1.82) is 0 Å². The molecule has 1 aromatic rings. The largest absolute Gasteiger partial charge is 0.495 e. The van der Waals surface area contributed by atoms with Gasteiger partial charge in [0.25, 0.3) is 11.8 Å². The highest BCUT2D eigenvalue weighted by Gasteiger charge is 2.63. The van der Waals surface area contributed by atoms with E-state index in [1.165, 1.54) is 35.8 Å². The number of hydrogen-bond donors (Lipinski definition) is 2. The van der Waals surface area contributed by atoms with Gasteiger partial charge in [-0.3, -0.25) is 34.2 Å². The van der Waals surface area contributed by atoms with Crippen LogP contribution in [0.2, 0.25) is 5.02 Å². The van der Waals surface area contributed by atoms with Crippen LogP contribution in [0.4, 0.5) is 10.5 Å². The van der Waals surface area contributed by atoms with E-state index in [2.05, 4.69) is 5.32 Å². The lowest BCUT2D eigenvalue weighted by Gasteiger charge is -2.59. The predicted molar refractivity (Wildman–Crippen MR) is 264 cm³/mol. The number of halogens is 1. The summed E-state index contributed by atoms with van der Waals surface area (Å²) in [6.07, 6.45) is 3.70. The zero-order valence-corrected chi connectivity index (χ0v) is 44.2. The molecule has 6 amide bonds. The van der Waals surface area contributed by atoms with Crippen molar-refractivity contribution >= 4 is 76.6 Å². The molecule has 5 fully saturated rings. The van der Waals surface area contributed by atoms with Crippen LogP contribution in [0.15, 0.2) is 35.9 Å². The van der Waals surface area contributed by atoms with Crippen LogP contribution in [0.5, 0.6) is 5.75 Å². The van der Waals surface area contributed by atoms with Gasteiger partial charge in [-0.2, -0.15) is 0 Å². The summed E-state index contributed by atoms with van der Waals surface area (Å²) in [6.45, 7) is 8.73. The molecule has 1 aliphatic carbocycles. The first-order valence-electron chi connectivity index (χ1n) is 24.7. The highest BCUT2D eigenvalue weighted by atomic mass is 35.5. The molecule has 400 valence electrons. The van der Waals surface area contributed by atoms with Gasteiger partial charge in [0.05, 0.1) is 30.4 Å². The Bertz CT molecular complexity index is 2400. The molecule has 22 heteroatoms. The van der Waals surface area contributed by atoms with Crippen LogP contribution < -0.4 is 15.0 Å². The van der Waals surface area contributed by atoms with Crippen molar-refractivity contribution in [3.8, 4) is 5.75 Å². The summed E-state index contributed by atoms with van der Waals surface area (Å²) >= 11 is 8.15. The molecule has 8 rings (SSSR count). The number of hydroxylamine groups is 2. The number of amides is 6. The summed E-state index contributed by atoms with van der Waals surface area (Å²) in [7, 11) is 4.45. The number of methoxy groups -OCH3 is 2. The lowest BCUT2D eigenvalue weighted by atomic mass is 9.72. The first kappa shape index (κ1) is 55.7. The number of hydrogen-bond acceptors (Lipinski definition) is 17. The van der Waals surface area contributed by atoms with Crippen LogP contribution in [-0.4, -0.2) is 149 Å². The Balaban J connectivity index is 0.970. The fourth-order valence-corrected chi connectivity index (χ4v) is 11.9. The summed E-state index contributed by atoms with van der Waals surface area (Å²) in [6, 6.07) is 3.56. The van der Waals surface area contributed by atoms with Crippen molar-refractivity contribution in [3.05, 3.63) is 46.5 Å². The van der Waals surface area contributed by atoms with E-state index < -0.39 is 87.8 Å². The third kappa shape index (κ3) is 12.4. The Labute approximate surface area is 434 Å². The van der Waals surface area contributed by atoms with Crippen molar-refractivity contribution < 1.29 is 76.7 Å². The number of fused-ring (bicyclic) bond motifs is 6. The number of ether oxygens (including phenoxy) is 6. The molecule has 0 aromatic heterocycles. The molecule has 6 aliphatic heterocycles. The number of likely N-dealkylation sites (tertiary alicyclic amines) is 1. The van der Waals surface area contributed by atoms with Crippen LogP contribution >= 0.6 is 23.4 Å². The number of alkyl carbamates (subject to hydrolysis) is 1. The van der Waals surface area contributed by atoms with Gasteiger partial charge in [-0.25, -0.2) is 14.4 Å². The van der Waals surface area contributed by atoms with Crippen molar-refractivity contribution in [3.63, 3.8) is 0 Å². The molecule has 0 radical (unpaired) electrons. The SMILES string of the molecule is COc1cc2cc(c1Cl)N(C)C(=O)C[C@H](OC(=O)C(C)(C)OCCCSC1CC(=O)N(CC3CCC(C(=O)ON4C(=O)CCC4=O)CC3)C1=O)[C@@]1(C)C[C@](C)(O1)C1C[C@@](O)(NC(=O)O1)[C@H](OC)/C=C/C=C(\C)C2. The third-order valence-corrected chi connectivity index (χ3v) is 16.4. The fourth-order valence-electron chi connectivity index (χ4n) is 10.5. The number of thioether (sulfide) groups is 1. The van der Waals surface area contributed by atoms with Gasteiger partial charge >= 0.3 is 18.0 Å². The molecule has 20 nitrogen and oxygen atoms in total. The second-order valence-corrected chi connectivity index (χ2v) is 22.5. The minimum atomic E-state index is -1.90. The zero-order chi connectivity index (χ0) is 53.2. The van der Waals surface area contributed by atoms with E-state index in [-0.39, 0.29) is 74.4 Å². The fraction of sp³-hybridized carbons (Fsp3) is 0.647. The van der Waals surface area contributed by atoms with Gasteiger partial charge in [-0.1, -0.05) is 35.4 Å².